The lowest BCUT2D eigenvalue weighted by Gasteiger charge is -2.21. The molecule has 4 heteroatoms. The van der Waals surface area contributed by atoms with Gasteiger partial charge >= 0.3 is 0 Å². The van der Waals surface area contributed by atoms with Crippen LogP contribution in [0.5, 0.6) is 0 Å². The zero-order valence-corrected chi connectivity index (χ0v) is 12.1. The fourth-order valence-corrected chi connectivity index (χ4v) is 2.68. The van der Waals surface area contributed by atoms with Gasteiger partial charge in [0.1, 0.15) is 5.82 Å². The zero-order chi connectivity index (χ0) is 13.9. The van der Waals surface area contributed by atoms with Gasteiger partial charge in [-0.05, 0) is 42.1 Å². The van der Waals surface area contributed by atoms with Gasteiger partial charge in [0, 0.05) is 25.4 Å². The highest BCUT2D eigenvalue weighted by Gasteiger charge is 2.19. The maximum atomic E-state index is 4.82. The normalized spacial score (nSPS) is 14.3. The summed E-state index contributed by atoms with van der Waals surface area (Å²) in [5.41, 5.74) is 4.97. The monoisotopic (exact) mass is 268 g/mol. The predicted molar refractivity (Wildman–Crippen MR) is 78.6 cm³/mol. The zero-order valence-electron chi connectivity index (χ0n) is 12.1. The smallest absolute Gasteiger partial charge is 0.133 e. The number of hydrogen-bond donors (Lipinski definition) is 1. The first-order valence-corrected chi connectivity index (χ1v) is 7.22. The van der Waals surface area contributed by atoms with Gasteiger partial charge in [-0.2, -0.15) is 0 Å². The maximum Gasteiger partial charge on any atom is 0.133 e. The highest BCUT2D eigenvalue weighted by atomic mass is 15.0. The van der Waals surface area contributed by atoms with Crippen molar-refractivity contribution in [3.05, 3.63) is 52.9 Å². The summed E-state index contributed by atoms with van der Waals surface area (Å²) >= 11 is 0. The molecule has 0 atom stereocenters. The van der Waals surface area contributed by atoms with Gasteiger partial charge in [0.2, 0.25) is 0 Å². The lowest BCUT2D eigenvalue weighted by atomic mass is 9.97. The number of nitrogens with zero attached hydrogens (tertiary/aromatic N) is 3. The summed E-state index contributed by atoms with van der Waals surface area (Å²) in [6, 6.07) is 4.05. The van der Waals surface area contributed by atoms with Gasteiger partial charge in [0.15, 0.2) is 0 Å². The molecule has 3 heterocycles. The van der Waals surface area contributed by atoms with Crippen LogP contribution in [0.15, 0.2) is 24.5 Å². The van der Waals surface area contributed by atoms with Crippen molar-refractivity contribution in [2.24, 2.45) is 0 Å². The molecule has 1 N–H and O–H groups in total. The molecule has 0 spiro atoms. The summed E-state index contributed by atoms with van der Waals surface area (Å²) in [5, 5.41) is 3.40. The molecule has 0 radical (unpaired) electrons. The average molecular weight is 268 g/mol. The summed E-state index contributed by atoms with van der Waals surface area (Å²) in [6.45, 7) is 6.31. The summed E-state index contributed by atoms with van der Waals surface area (Å²) in [5.74, 6) is 1.36. The molecular formula is C16H20N4. The second-order valence-electron chi connectivity index (χ2n) is 5.56. The van der Waals surface area contributed by atoms with Crippen molar-refractivity contribution in [2.75, 3.05) is 6.54 Å². The van der Waals surface area contributed by atoms with Crippen molar-refractivity contribution >= 4 is 0 Å². The van der Waals surface area contributed by atoms with Crippen LogP contribution in [0.25, 0.3) is 0 Å². The Kier molecular flexibility index (Phi) is 3.74. The molecule has 1 aliphatic heterocycles. The molecule has 0 fully saturated rings. The number of rotatable bonds is 3. The Balaban J connectivity index is 1.97. The topological polar surface area (TPSA) is 50.7 Å². The largest absolute Gasteiger partial charge is 0.311 e. The molecule has 0 saturated carbocycles. The molecule has 0 bridgehead atoms. The SMILES string of the molecule is CC(C)c1nc(Cc2ccncc2)nc2c1CCNC2. The Hall–Kier alpha value is -1.81. The Morgan fingerprint density at radius 2 is 2.00 bits per heavy atom. The first-order valence-electron chi connectivity index (χ1n) is 7.22. The van der Waals surface area contributed by atoms with E-state index in [-0.39, 0.29) is 0 Å². The van der Waals surface area contributed by atoms with Gasteiger partial charge in [0.05, 0.1) is 11.4 Å². The fraction of sp³-hybridized carbons (Fsp3) is 0.438. The highest BCUT2D eigenvalue weighted by Crippen LogP contribution is 2.23. The Morgan fingerprint density at radius 3 is 2.75 bits per heavy atom. The van der Waals surface area contributed by atoms with E-state index in [4.69, 9.17) is 9.97 Å². The molecule has 104 valence electrons. The minimum atomic E-state index is 0.445. The first-order chi connectivity index (χ1) is 9.74. The van der Waals surface area contributed by atoms with Gasteiger partial charge in [-0.15, -0.1) is 0 Å². The van der Waals surface area contributed by atoms with Crippen molar-refractivity contribution in [1.82, 2.24) is 20.3 Å². The quantitative estimate of drug-likeness (QED) is 0.927. The van der Waals surface area contributed by atoms with Crippen LogP contribution < -0.4 is 5.32 Å². The van der Waals surface area contributed by atoms with E-state index < -0.39 is 0 Å². The molecule has 2 aromatic rings. The van der Waals surface area contributed by atoms with Gasteiger partial charge < -0.3 is 5.32 Å². The van der Waals surface area contributed by atoms with Crippen LogP contribution in [0.2, 0.25) is 0 Å². The average Bonchev–Trinajstić information content (AvgIpc) is 2.47. The van der Waals surface area contributed by atoms with Crippen LogP contribution in [0.4, 0.5) is 0 Å². The van der Waals surface area contributed by atoms with E-state index in [2.05, 4.69) is 24.1 Å². The van der Waals surface area contributed by atoms with Gasteiger partial charge in [-0.25, -0.2) is 9.97 Å². The lowest BCUT2D eigenvalue weighted by molar-refractivity contribution is 0.601. The van der Waals surface area contributed by atoms with Crippen molar-refractivity contribution in [1.29, 1.82) is 0 Å². The third-order valence-corrected chi connectivity index (χ3v) is 3.67. The predicted octanol–water partition coefficient (Wildman–Crippen LogP) is 2.23. The number of fused-ring (bicyclic) bond motifs is 1. The number of pyridine rings is 1. The molecule has 2 aromatic heterocycles. The van der Waals surface area contributed by atoms with E-state index in [0.29, 0.717) is 5.92 Å². The minimum absolute atomic E-state index is 0.445. The van der Waals surface area contributed by atoms with E-state index >= 15 is 0 Å². The van der Waals surface area contributed by atoms with Crippen molar-refractivity contribution < 1.29 is 0 Å². The number of hydrogen-bond acceptors (Lipinski definition) is 4. The molecule has 0 aliphatic carbocycles. The van der Waals surface area contributed by atoms with E-state index in [0.717, 1.165) is 31.8 Å². The van der Waals surface area contributed by atoms with E-state index in [1.807, 2.05) is 24.5 Å². The number of nitrogens with one attached hydrogen (secondary N) is 1. The van der Waals surface area contributed by atoms with Gasteiger partial charge in [-0.1, -0.05) is 13.8 Å². The summed E-state index contributed by atoms with van der Waals surface area (Å²) in [4.78, 5) is 13.6. The van der Waals surface area contributed by atoms with Gasteiger partial charge in [0.25, 0.3) is 0 Å². The minimum Gasteiger partial charge on any atom is -0.311 e. The molecule has 0 saturated heterocycles. The standard InChI is InChI=1S/C16H20N4/c1-11(2)16-13-5-8-18-10-14(13)19-15(20-16)9-12-3-6-17-7-4-12/h3-4,6-7,11,18H,5,8-10H2,1-2H3. The van der Waals surface area contributed by atoms with E-state index in [1.165, 1.54) is 22.5 Å². The molecular weight excluding hydrogens is 248 g/mol. The molecule has 0 aromatic carbocycles. The van der Waals surface area contributed by atoms with Crippen LogP contribution in [-0.4, -0.2) is 21.5 Å². The van der Waals surface area contributed by atoms with E-state index in [9.17, 15) is 0 Å². The van der Waals surface area contributed by atoms with Crippen molar-refractivity contribution in [3.8, 4) is 0 Å². The Labute approximate surface area is 119 Å². The molecule has 0 unspecified atom stereocenters. The van der Waals surface area contributed by atoms with Gasteiger partial charge in [-0.3, -0.25) is 4.98 Å². The second kappa shape index (κ2) is 5.67. The van der Waals surface area contributed by atoms with Crippen LogP contribution in [-0.2, 0) is 19.4 Å². The molecule has 1 aliphatic rings. The van der Waals surface area contributed by atoms with Crippen molar-refractivity contribution in [3.63, 3.8) is 0 Å². The molecule has 0 amide bonds. The van der Waals surface area contributed by atoms with E-state index in [1.54, 1.807) is 0 Å². The number of aromatic nitrogens is 3. The lowest BCUT2D eigenvalue weighted by Crippen LogP contribution is -2.27. The highest BCUT2D eigenvalue weighted by molar-refractivity contribution is 5.31. The van der Waals surface area contributed by atoms with Crippen LogP contribution in [0, 0.1) is 0 Å². The van der Waals surface area contributed by atoms with Crippen LogP contribution >= 0.6 is 0 Å². The Bertz CT molecular complexity index is 593. The second-order valence-corrected chi connectivity index (χ2v) is 5.56. The maximum absolute atomic E-state index is 4.82. The molecule has 4 nitrogen and oxygen atoms in total. The summed E-state index contributed by atoms with van der Waals surface area (Å²) < 4.78 is 0. The third kappa shape index (κ3) is 2.70. The summed E-state index contributed by atoms with van der Waals surface area (Å²) in [7, 11) is 0. The molecule has 20 heavy (non-hydrogen) atoms. The summed E-state index contributed by atoms with van der Waals surface area (Å²) in [6.07, 6.45) is 5.45. The van der Waals surface area contributed by atoms with Crippen LogP contribution in [0.1, 0.15) is 48.1 Å². The third-order valence-electron chi connectivity index (χ3n) is 3.67. The molecule has 3 rings (SSSR count). The first kappa shape index (κ1) is 13.2. The van der Waals surface area contributed by atoms with Crippen molar-refractivity contribution in [2.45, 2.75) is 39.2 Å². The fourth-order valence-electron chi connectivity index (χ4n) is 2.68. The van der Waals surface area contributed by atoms with Crippen LogP contribution in [0.3, 0.4) is 0 Å². The Morgan fingerprint density at radius 1 is 1.20 bits per heavy atom.